The second-order valence-electron chi connectivity index (χ2n) is 5.66. The molecule has 0 bridgehead atoms. The minimum absolute atomic E-state index is 0.108. The first kappa shape index (κ1) is 21.1. The van der Waals surface area contributed by atoms with Crippen molar-refractivity contribution in [2.24, 2.45) is 0 Å². The predicted octanol–water partition coefficient (Wildman–Crippen LogP) is 2.68. The molecular formula is C19H21NO5S2. The number of sulfonamides is 1. The molecule has 0 aliphatic rings. The summed E-state index contributed by atoms with van der Waals surface area (Å²) < 4.78 is 30.6. The zero-order valence-electron chi connectivity index (χ0n) is 15.1. The molecule has 0 aromatic heterocycles. The van der Waals surface area contributed by atoms with E-state index in [1.165, 1.54) is 19.2 Å². The second kappa shape index (κ2) is 9.68. The van der Waals surface area contributed by atoms with Gasteiger partial charge in [0.25, 0.3) is 0 Å². The van der Waals surface area contributed by atoms with Crippen LogP contribution in [0.25, 0.3) is 0 Å². The van der Waals surface area contributed by atoms with Crippen LogP contribution in [0.2, 0.25) is 0 Å². The summed E-state index contributed by atoms with van der Waals surface area (Å²) >= 11 is 1.58. The van der Waals surface area contributed by atoms with Crippen molar-refractivity contribution < 1.29 is 22.7 Å². The van der Waals surface area contributed by atoms with Gasteiger partial charge in [-0.25, -0.2) is 13.1 Å². The van der Waals surface area contributed by atoms with Crippen molar-refractivity contribution in [2.75, 3.05) is 19.9 Å². The van der Waals surface area contributed by atoms with E-state index in [0.717, 1.165) is 10.5 Å². The van der Waals surface area contributed by atoms with E-state index in [1.807, 2.05) is 18.4 Å². The lowest BCUT2D eigenvalue weighted by molar-refractivity contribution is -0.142. The fourth-order valence-electron chi connectivity index (χ4n) is 2.28. The van der Waals surface area contributed by atoms with Crippen molar-refractivity contribution in [3.05, 3.63) is 59.7 Å². The van der Waals surface area contributed by atoms with Gasteiger partial charge in [-0.1, -0.05) is 24.3 Å². The number of esters is 1. The third-order valence-corrected chi connectivity index (χ3v) is 6.07. The van der Waals surface area contributed by atoms with E-state index >= 15 is 0 Å². The number of carbonyl (C=O) groups excluding carboxylic acids is 2. The molecular weight excluding hydrogens is 386 g/mol. The van der Waals surface area contributed by atoms with E-state index in [2.05, 4.69) is 4.72 Å². The van der Waals surface area contributed by atoms with Crippen LogP contribution in [0.4, 0.5) is 0 Å². The van der Waals surface area contributed by atoms with Crippen LogP contribution in [0.5, 0.6) is 0 Å². The van der Waals surface area contributed by atoms with Crippen LogP contribution in [0.15, 0.2) is 58.3 Å². The summed E-state index contributed by atoms with van der Waals surface area (Å²) in [5.74, 6) is -0.728. The van der Waals surface area contributed by atoms with Gasteiger partial charge in [0, 0.05) is 16.9 Å². The van der Waals surface area contributed by atoms with E-state index in [-0.39, 0.29) is 23.7 Å². The summed E-state index contributed by atoms with van der Waals surface area (Å²) in [6.45, 7) is -0.295. The first-order valence-corrected chi connectivity index (χ1v) is 10.9. The molecule has 0 radical (unpaired) electrons. The Kier molecular flexibility index (Phi) is 7.58. The fourth-order valence-corrected chi connectivity index (χ4v) is 3.42. The summed E-state index contributed by atoms with van der Waals surface area (Å²) in [4.78, 5) is 25.1. The topological polar surface area (TPSA) is 89.5 Å². The maximum absolute atomic E-state index is 12.0. The number of hydrogen-bond acceptors (Lipinski definition) is 6. The second-order valence-corrected chi connectivity index (χ2v) is 8.43. The quantitative estimate of drug-likeness (QED) is 0.391. The highest BCUT2D eigenvalue weighted by Gasteiger charge is 2.12. The first-order chi connectivity index (χ1) is 12.9. The van der Waals surface area contributed by atoms with Crippen LogP contribution in [0.3, 0.4) is 0 Å². The van der Waals surface area contributed by atoms with Gasteiger partial charge in [-0.15, -0.1) is 11.8 Å². The zero-order valence-corrected chi connectivity index (χ0v) is 16.7. The summed E-state index contributed by atoms with van der Waals surface area (Å²) in [6, 6.07) is 13.4. The summed E-state index contributed by atoms with van der Waals surface area (Å²) in [7, 11) is -2.13. The number of nitrogens with one attached hydrogen (secondary N) is 1. The number of benzene rings is 2. The number of hydrogen-bond donors (Lipinski definition) is 1. The summed E-state index contributed by atoms with van der Waals surface area (Å²) in [6.07, 6.45) is 2.46. The van der Waals surface area contributed by atoms with Gasteiger partial charge in [-0.05, 0) is 49.6 Å². The molecule has 0 unspecified atom stereocenters. The largest absolute Gasteiger partial charge is 0.457 e. The Labute approximate surface area is 163 Å². The molecule has 27 heavy (non-hydrogen) atoms. The third-order valence-electron chi connectivity index (χ3n) is 3.90. The highest BCUT2D eigenvalue weighted by Crippen LogP contribution is 2.15. The van der Waals surface area contributed by atoms with Crippen molar-refractivity contribution >= 4 is 33.5 Å². The maximum Gasteiger partial charge on any atom is 0.306 e. The number of aryl methyl sites for hydroxylation is 1. The molecule has 0 aliphatic heterocycles. The number of ketones is 1. The van der Waals surface area contributed by atoms with Gasteiger partial charge in [0.2, 0.25) is 10.0 Å². The first-order valence-electron chi connectivity index (χ1n) is 8.21. The van der Waals surface area contributed by atoms with Crippen LogP contribution in [0.1, 0.15) is 22.3 Å². The standard InChI is InChI=1S/C19H21NO5S2/c1-20-27(23,24)17-10-3-14(4-11-17)5-12-19(22)25-13-18(21)15-6-8-16(26-2)9-7-15/h3-4,6-11,20H,5,12-13H2,1-2H3. The Hall–Kier alpha value is -2.16. The Bertz CT molecular complexity index is 891. The molecule has 8 heteroatoms. The number of rotatable bonds is 9. The molecule has 6 nitrogen and oxygen atoms in total. The Morgan fingerprint density at radius 3 is 2.22 bits per heavy atom. The van der Waals surface area contributed by atoms with E-state index in [0.29, 0.717) is 12.0 Å². The van der Waals surface area contributed by atoms with E-state index in [4.69, 9.17) is 4.74 Å². The number of Topliss-reactive ketones (excluding diaryl/α,β-unsaturated/α-hetero) is 1. The monoisotopic (exact) mass is 407 g/mol. The van der Waals surface area contributed by atoms with Gasteiger partial charge in [-0.3, -0.25) is 9.59 Å². The average Bonchev–Trinajstić information content (AvgIpc) is 2.70. The smallest absolute Gasteiger partial charge is 0.306 e. The highest BCUT2D eigenvalue weighted by molar-refractivity contribution is 7.98. The number of carbonyl (C=O) groups is 2. The van der Waals surface area contributed by atoms with E-state index in [9.17, 15) is 18.0 Å². The molecule has 0 amide bonds. The van der Waals surface area contributed by atoms with Crippen molar-refractivity contribution in [2.45, 2.75) is 22.6 Å². The Balaban J connectivity index is 1.81. The molecule has 0 saturated heterocycles. The predicted molar refractivity (Wildman–Crippen MR) is 105 cm³/mol. The number of thioether (sulfide) groups is 1. The van der Waals surface area contributed by atoms with Gasteiger partial charge in [0.05, 0.1) is 4.90 Å². The maximum atomic E-state index is 12.0. The summed E-state index contributed by atoms with van der Waals surface area (Å²) in [5, 5.41) is 0. The molecule has 0 fully saturated rings. The van der Waals surface area contributed by atoms with Crippen molar-refractivity contribution in [1.82, 2.24) is 4.72 Å². The van der Waals surface area contributed by atoms with Crippen LogP contribution in [-0.2, 0) is 26.0 Å². The normalized spacial score (nSPS) is 11.2. The van der Waals surface area contributed by atoms with E-state index < -0.39 is 16.0 Å². The van der Waals surface area contributed by atoms with Crippen LogP contribution in [-0.4, -0.2) is 40.1 Å². The van der Waals surface area contributed by atoms with Crippen LogP contribution >= 0.6 is 11.8 Å². The molecule has 2 aromatic rings. The minimum Gasteiger partial charge on any atom is -0.457 e. The lowest BCUT2D eigenvalue weighted by Gasteiger charge is -2.06. The van der Waals surface area contributed by atoms with Crippen LogP contribution in [0, 0.1) is 0 Å². The number of ether oxygens (including phenoxy) is 1. The third kappa shape index (κ3) is 6.20. The minimum atomic E-state index is -3.48. The van der Waals surface area contributed by atoms with E-state index in [1.54, 1.807) is 36.0 Å². The van der Waals surface area contributed by atoms with Gasteiger partial charge >= 0.3 is 5.97 Å². The molecule has 144 valence electrons. The van der Waals surface area contributed by atoms with Crippen LogP contribution < -0.4 is 4.72 Å². The van der Waals surface area contributed by atoms with Gasteiger partial charge in [0.15, 0.2) is 12.4 Å². The SMILES string of the molecule is CNS(=O)(=O)c1ccc(CCC(=O)OCC(=O)c2ccc(SC)cc2)cc1. The van der Waals surface area contributed by atoms with Crippen molar-refractivity contribution in [3.8, 4) is 0 Å². The van der Waals surface area contributed by atoms with Crippen molar-refractivity contribution in [1.29, 1.82) is 0 Å². The zero-order chi connectivity index (χ0) is 19.9. The molecule has 0 heterocycles. The Morgan fingerprint density at radius 1 is 1.04 bits per heavy atom. The molecule has 2 aromatic carbocycles. The van der Waals surface area contributed by atoms with Crippen molar-refractivity contribution in [3.63, 3.8) is 0 Å². The van der Waals surface area contributed by atoms with Gasteiger partial charge in [-0.2, -0.15) is 0 Å². The summed E-state index contributed by atoms with van der Waals surface area (Å²) in [5.41, 5.74) is 1.31. The average molecular weight is 408 g/mol. The molecule has 0 atom stereocenters. The molecule has 2 rings (SSSR count). The lowest BCUT2D eigenvalue weighted by atomic mass is 10.1. The lowest BCUT2D eigenvalue weighted by Crippen LogP contribution is -2.18. The molecule has 0 saturated carbocycles. The van der Waals surface area contributed by atoms with Gasteiger partial charge in [0.1, 0.15) is 0 Å². The molecule has 1 N–H and O–H groups in total. The Morgan fingerprint density at radius 2 is 1.67 bits per heavy atom. The molecule has 0 aliphatic carbocycles. The molecule has 0 spiro atoms. The highest BCUT2D eigenvalue weighted by atomic mass is 32.2. The van der Waals surface area contributed by atoms with Gasteiger partial charge < -0.3 is 4.74 Å². The fraction of sp³-hybridized carbons (Fsp3) is 0.263.